The fourth-order valence-electron chi connectivity index (χ4n) is 1.89. The van der Waals surface area contributed by atoms with E-state index in [4.69, 9.17) is 4.74 Å². The third-order valence-corrected chi connectivity index (χ3v) is 3.57. The molecule has 0 spiro atoms. The standard InChI is InChI=1S/C15H20N2OS/c1-11(2)18-14-7-5-4-6-13(14)12(3)17-10-15-16-8-9-19-15/h4-9,11-12,17H,10H2,1-3H3. The maximum absolute atomic E-state index is 5.85. The monoisotopic (exact) mass is 276 g/mol. The van der Waals surface area contributed by atoms with Crippen LogP contribution in [-0.2, 0) is 6.54 Å². The van der Waals surface area contributed by atoms with Crippen LogP contribution in [0.3, 0.4) is 0 Å². The second-order valence-corrected chi connectivity index (χ2v) is 5.71. The molecule has 102 valence electrons. The largest absolute Gasteiger partial charge is 0.491 e. The van der Waals surface area contributed by atoms with Crippen LogP contribution in [0.5, 0.6) is 5.75 Å². The summed E-state index contributed by atoms with van der Waals surface area (Å²) in [5, 5.41) is 6.59. The maximum atomic E-state index is 5.85. The molecular formula is C15H20N2OS. The van der Waals surface area contributed by atoms with Crippen LogP contribution < -0.4 is 10.1 Å². The van der Waals surface area contributed by atoms with Crippen LogP contribution in [0.1, 0.15) is 37.4 Å². The number of nitrogens with zero attached hydrogens (tertiary/aromatic N) is 1. The number of hydrogen-bond acceptors (Lipinski definition) is 4. The molecule has 0 bridgehead atoms. The lowest BCUT2D eigenvalue weighted by molar-refractivity contribution is 0.238. The first-order chi connectivity index (χ1) is 9.16. The summed E-state index contributed by atoms with van der Waals surface area (Å²) in [6.45, 7) is 7.03. The SMILES string of the molecule is CC(C)Oc1ccccc1C(C)NCc1nccs1. The Morgan fingerprint density at radius 2 is 2.05 bits per heavy atom. The van der Waals surface area contributed by atoms with Gasteiger partial charge in [-0.25, -0.2) is 4.98 Å². The average molecular weight is 276 g/mol. The van der Waals surface area contributed by atoms with E-state index < -0.39 is 0 Å². The predicted octanol–water partition coefficient (Wildman–Crippen LogP) is 3.78. The minimum Gasteiger partial charge on any atom is -0.491 e. The summed E-state index contributed by atoms with van der Waals surface area (Å²) < 4.78 is 5.85. The molecule has 0 aliphatic carbocycles. The highest BCUT2D eigenvalue weighted by molar-refractivity contribution is 7.09. The van der Waals surface area contributed by atoms with E-state index in [0.717, 1.165) is 17.3 Å². The Morgan fingerprint density at radius 3 is 2.74 bits per heavy atom. The van der Waals surface area contributed by atoms with Gasteiger partial charge in [-0.05, 0) is 26.8 Å². The summed E-state index contributed by atoms with van der Waals surface area (Å²) in [5.41, 5.74) is 1.19. The highest BCUT2D eigenvalue weighted by Gasteiger charge is 2.12. The molecule has 1 unspecified atom stereocenters. The molecule has 1 aromatic carbocycles. The topological polar surface area (TPSA) is 34.1 Å². The fraction of sp³-hybridized carbons (Fsp3) is 0.400. The molecule has 1 heterocycles. The van der Waals surface area contributed by atoms with Crippen LogP contribution in [-0.4, -0.2) is 11.1 Å². The van der Waals surface area contributed by atoms with Crippen LogP contribution in [0.4, 0.5) is 0 Å². The summed E-state index contributed by atoms with van der Waals surface area (Å²) in [6, 6.07) is 8.42. The molecular weight excluding hydrogens is 256 g/mol. The zero-order valence-corrected chi connectivity index (χ0v) is 12.4. The van der Waals surface area contributed by atoms with Crippen molar-refractivity contribution in [3.8, 4) is 5.75 Å². The predicted molar refractivity (Wildman–Crippen MR) is 79.6 cm³/mol. The highest BCUT2D eigenvalue weighted by atomic mass is 32.1. The van der Waals surface area contributed by atoms with Gasteiger partial charge in [-0.1, -0.05) is 18.2 Å². The van der Waals surface area contributed by atoms with E-state index in [-0.39, 0.29) is 12.1 Å². The number of benzene rings is 1. The van der Waals surface area contributed by atoms with Gasteiger partial charge in [-0.15, -0.1) is 11.3 Å². The van der Waals surface area contributed by atoms with Crippen LogP contribution in [0, 0.1) is 0 Å². The third kappa shape index (κ3) is 4.04. The van der Waals surface area contributed by atoms with E-state index in [1.165, 1.54) is 5.56 Å². The number of thiazole rings is 1. The Morgan fingerprint density at radius 1 is 1.26 bits per heavy atom. The smallest absolute Gasteiger partial charge is 0.124 e. The summed E-state index contributed by atoms with van der Waals surface area (Å²) >= 11 is 1.67. The molecule has 0 saturated carbocycles. The molecule has 1 N–H and O–H groups in total. The van der Waals surface area contributed by atoms with Crippen molar-refractivity contribution in [3.63, 3.8) is 0 Å². The number of rotatable bonds is 6. The maximum Gasteiger partial charge on any atom is 0.124 e. The van der Waals surface area contributed by atoms with Crippen molar-refractivity contribution < 1.29 is 4.74 Å². The van der Waals surface area contributed by atoms with E-state index in [0.29, 0.717) is 0 Å². The molecule has 1 aromatic heterocycles. The molecule has 0 radical (unpaired) electrons. The van der Waals surface area contributed by atoms with Gasteiger partial charge >= 0.3 is 0 Å². The molecule has 1 atom stereocenters. The van der Waals surface area contributed by atoms with E-state index in [2.05, 4.69) is 23.3 Å². The Hall–Kier alpha value is -1.39. The van der Waals surface area contributed by atoms with Gasteiger partial charge in [0.1, 0.15) is 10.8 Å². The van der Waals surface area contributed by atoms with Crippen molar-refractivity contribution in [3.05, 3.63) is 46.4 Å². The van der Waals surface area contributed by atoms with E-state index >= 15 is 0 Å². The Labute approximate surface area is 118 Å². The summed E-state index contributed by atoms with van der Waals surface area (Å²) in [4.78, 5) is 4.28. The second-order valence-electron chi connectivity index (χ2n) is 4.73. The van der Waals surface area contributed by atoms with Gasteiger partial charge in [-0.3, -0.25) is 0 Å². The van der Waals surface area contributed by atoms with Gasteiger partial charge < -0.3 is 10.1 Å². The molecule has 3 nitrogen and oxygen atoms in total. The van der Waals surface area contributed by atoms with Crippen molar-refractivity contribution in [2.75, 3.05) is 0 Å². The second kappa shape index (κ2) is 6.68. The summed E-state index contributed by atoms with van der Waals surface area (Å²) in [6.07, 6.45) is 2.02. The molecule has 19 heavy (non-hydrogen) atoms. The number of nitrogens with one attached hydrogen (secondary N) is 1. The molecule has 0 amide bonds. The zero-order valence-electron chi connectivity index (χ0n) is 11.6. The summed E-state index contributed by atoms with van der Waals surface area (Å²) in [5.74, 6) is 0.955. The third-order valence-electron chi connectivity index (χ3n) is 2.79. The van der Waals surface area contributed by atoms with Crippen molar-refractivity contribution in [2.24, 2.45) is 0 Å². The normalized spacial score (nSPS) is 12.6. The van der Waals surface area contributed by atoms with Gasteiger partial charge in [0, 0.05) is 29.7 Å². The van der Waals surface area contributed by atoms with Gasteiger partial charge in [0.15, 0.2) is 0 Å². The zero-order chi connectivity index (χ0) is 13.7. The molecule has 2 rings (SSSR count). The van der Waals surface area contributed by atoms with Gasteiger partial charge in [0.05, 0.1) is 6.10 Å². The van der Waals surface area contributed by atoms with Gasteiger partial charge in [0.2, 0.25) is 0 Å². The quantitative estimate of drug-likeness (QED) is 0.872. The van der Waals surface area contributed by atoms with E-state index in [1.54, 1.807) is 11.3 Å². The minimum absolute atomic E-state index is 0.187. The van der Waals surface area contributed by atoms with Gasteiger partial charge in [-0.2, -0.15) is 0 Å². The van der Waals surface area contributed by atoms with Crippen molar-refractivity contribution in [1.29, 1.82) is 0 Å². The van der Waals surface area contributed by atoms with Crippen LogP contribution >= 0.6 is 11.3 Å². The highest BCUT2D eigenvalue weighted by Crippen LogP contribution is 2.26. The summed E-state index contributed by atoms with van der Waals surface area (Å²) in [7, 11) is 0. The fourth-order valence-corrected chi connectivity index (χ4v) is 2.46. The molecule has 2 aromatic rings. The van der Waals surface area contributed by atoms with Crippen LogP contribution in [0.25, 0.3) is 0 Å². The number of aromatic nitrogens is 1. The first kappa shape index (κ1) is 14.0. The first-order valence-corrected chi connectivity index (χ1v) is 7.42. The van der Waals surface area contributed by atoms with E-state index in [1.807, 2.05) is 43.6 Å². The molecule has 0 aliphatic heterocycles. The molecule has 0 saturated heterocycles. The Balaban J connectivity index is 2.03. The van der Waals surface area contributed by atoms with Crippen molar-refractivity contribution >= 4 is 11.3 Å². The van der Waals surface area contributed by atoms with Crippen LogP contribution in [0.15, 0.2) is 35.8 Å². The van der Waals surface area contributed by atoms with Crippen molar-refractivity contribution in [1.82, 2.24) is 10.3 Å². The van der Waals surface area contributed by atoms with Gasteiger partial charge in [0.25, 0.3) is 0 Å². The number of hydrogen-bond donors (Lipinski definition) is 1. The lowest BCUT2D eigenvalue weighted by Crippen LogP contribution is -2.19. The number of para-hydroxylation sites is 1. The average Bonchev–Trinajstić information content (AvgIpc) is 2.89. The lowest BCUT2D eigenvalue weighted by Gasteiger charge is -2.19. The van der Waals surface area contributed by atoms with Crippen LogP contribution in [0.2, 0.25) is 0 Å². The minimum atomic E-state index is 0.187. The molecule has 4 heteroatoms. The lowest BCUT2D eigenvalue weighted by atomic mass is 10.1. The molecule has 0 aliphatic rings. The first-order valence-electron chi connectivity index (χ1n) is 6.54. The number of ether oxygens (including phenoxy) is 1. The Kier molecular flexibility index (Phi) is 4.93. The van der Waals surface area contributed by atoms with E-state index in [9.17, 15) is 0 Å². The Bertz CT molecular complexity index is 497. The van der Waals surface area contributed by atoms with Crippen molar-refractivity contribution in [2.45, 2.75) is 39.5 Å². The molecule has 0 fully saturated rings.